The van der Waals surface area contributed by atoms with Gasteiger partial charge in [0, 0.05) is 14.0 Å². The lowest BCUT2D eigenvalue weighted by molar-refractivity contribution is 1.71. The smallest absolute Gasteiger partial charge is 0.0639 e. The van der Waals surface area contributed by atoms with E-state index in [0.29, 0.717) is 3.57 Å². The molecule has 0 aliphatic rings. The lowest BCUT2D eigenvalue weighted by Gasteiger charge is -2.00. The molecule has 0 fully saturated rings. The molecule has 0 heterocycles. The van der Waals surface area contributed by atoms with Crippen LogP contribution in [0.4, 0.5) is 0 Å². The zero-order valence-corrected chi connectivity index (χ0v) is 8.67. The average molecular weight is 295 g/mol. The summed E-state index contributed by atoms with van der Waals surface area (Å²) in [7, 11) is 0. The Bertz CT molecular complexity index is 571. The first kappa shape index (κ1) is 3.84. The Kier molecular flexibility index (Phi) is 1.03. The van der Waals surface area contributed by atoms with E-state index in [2.05, 4.69) is 0 Å². The number of halogens is 2. The summed E-state index contributed by atoms with van der Waals surface area (Å²) in [5, 5.41) is 0.197. The summed E-state index contributed by atoms with van der Waals surface area (Å²) in [6, 6.07) is -1.61. The minimum absolute atomic E-state index is 0.105. The quantitative estimate of drug-likeness (QED) is 0.642. The van der Waals surface area contributed by atoms with Crippen LogP contribution in [0.3, 0.4) is 0 Å². The minimum Gasteiger partial charge on any atom is -0.0837 e. The first-order valence-corrected chi connectivity index (χ1v) is 4.58. The van der Waals surface area contributed by atoms with Gasteiger partial charge in [-0.25, -0.2) is 0 Å². The number of benzene rings is 2. The first-order chi connectivity index (χ1) is 8.29. The molecule has 0 amide bonds. The molecule has 2 aromatic carbocycles. The van der Waals surface area contributed by atoms with Crippen molar-refractivity contribution in [1.82, 2.24) is 0 Å². The highest BCUT2D eigenvalue weighted by Gasteiger charge is 1.99. The summed E-state index contributed by atoms with van der Waals surface area (Å²) in [4.78, 5) is 0. The van der Waals surface area contributed by atoms with Crippen LogP contribution in [0.1, 0.15) is 8.22 Å². The van der Waals surface area contributed by atoms with Gasteiger partial charge in [0.25, 0.3) is 0 Å². The molecule has 0 atom stereocenters. The third-order valence-electron chi connectivity index (χ3n) is 1.41. The van der Waals surface area contributed by atoms with Gasteiger partial charge in [-0.15, -0.1) is 0 Å². The van der Waals surface area contributed by atoms with Crippen LogP contribution in [-0.4, -0.2) is 0 Å². The van der Waals surface area contributed by atoms with Gasteiger partial charge in [0.2, 0.25) is 0 Å². The predicted molar refractivity (Wildman–Crippen MR) is 61.7 cm³/mol. The molecule has 0 aromatic heterocycles. The molecule has 0 spiro atoms. The maximum atomic E-state index is 7.83. The van der Waals surface area contributed by atoms with Crippen LogP contribution in [0.2, 0.25) is 5.02 Å². The molecule has 0 radical (unpaired) electrons. The average Bonchev–Trinajstić information content (AvgIpc) is 2.35. The van der Waals surface area contributed by atoms with Gasteiger partial charge < -0.3 is 0 Å². The van der Waals surface area contributed by atoms with Crippen molar-refractivity contribution >= 4 is 45.0 Å². The molecular formula is C10H6ClI. The van der Waals surface area contributed by atoms with E-state index in [4.69, 9.17) is 19.8 Å². The highest BCUT2D eigenvalue weighted by Crippen LogP contribution is 2.26. The maximum absolute atomic E-state index is 7.83. The van der Waals surface area contributed by atoms with Gasteiger partial charge in [0.15, 0.2) is 0 Å². The second-order valence-electron chi connectivity index (χ2n) is 2.13. The molecule has 0 N–H and O–H groups in total. The molecule has 0 aliphatic heterocycles. The van der Waals surface area contributed by atoms with Crippen molar-refractivity contribution in [2.45, 2.75) is 0 Å². The fourth-order valence-corrected chi connectivity index (χ4v) is 1.60. The van der Waals surface area contributed by atoms with Crippen LogP contribution < -0.4 is 0 Å². The number of hydrogen-bond donors (Lipinski definition) is 0. The molecule has 0 bridgehead atoms. The van der Waals surface area contributed by atoms with Crippen LogP contribution in [0.25, 0.3) is 10.8 Å². The summed E-state index contributed by atoms with van der Waals surface area (Å²) < 4.78 is 46.6. The fraction of sp³-hybridized carbons (Fsp3) is 0. The van der Waals surface area contributed by atoms with Gasteiger partial charge in [-0.05, 0) is 40.1 Å². The lowest BCUT2D eigenvalue weighted by atomic mass is 10.1. The molecule has 60 valence electrons. The van der Waals surface area contributed by atoms with E-state index in [-0.39, 0.29) is 52.0 Å². The molecule has 0 saturated carbocycles. The zero-order chi connectivity index (χ0) is 13.8. The van der Waals surface area contributed by atoms with Gasteiger partial charge in [-0.3, -0.25) is 0 Å². The fourth-order valence-electron chi connectivity index (χ4n) is 0.876. The largest absolute Gasteiger partial charge is 0.0837 e. The third-order valence-corrected chi connectivity index (χ3v) is 2.50. The summed E-state index contributed by atoms with van der Waals surface area (Å²) in [5.74, 6) is 0. The van der Waals surface area contributed by atoms with Crippen LogP contribution in [0.15, 0.2) is 36.3 Å². The predicted octanol–water partition coefficient (Wildman–Crippen LogP) is 4.10. The standard InChI is InChI=1S/C10H6ClI/c11-9-5-1-4-8-7(9)3-2-6-10(8)12/h1-6H/i1D,2D,3D,4D,5D,6D. The van der Waals surface area contributed by atoms with Crippen LogP contribution in [0.5, 0.6) is 0 Å². The molecule has 12 heavy (non-hydrogen) atoms. The van der Waals surface area contributed by atoms with Crippen molar-refractivity contribution < 1.29 is 8.22 Å². The third kappa shape index (κ3) is 1.31. The molecule has 0 unspecified atom stereocenters. The van der Waals surface area contributed by atoms with Crippen molar-refractivity contribution in [2.75, 3.05) is 0 Å². The van der Waals surface area contributed by atoms with E-state index in [1.807, 2.05) is 0 Å². The molecular weight excluding hydrogens is 282 g/mol. The van der Waals surface area contributed by atoms with Gasteiger partial charge >= 0.3 is 0 Å². The van der Waals surface area contributed by atoms with E-state index in [1.54, 1.807) is 22.6 Å². The van der Waals surface area contributed by atoms with Gasteiger partial charge in [-0.2, -0.15) is 0 Å². The lowest BCUT2D eigenvalue weighted by Crippen LogP contribution is -1.77. The molecule has 0 saturated heterocycles. The van der Waals surface area contributed by atoms with Crippen molar-refractivity contribution in [3.63, 3.8) is 0 Å². The molecule has 2 aromatic rings. The topological polar surface area (TPSA) is 0 Å². The zero-order valence-electron chi connectivity index (χ0n) is 11.8. The second-order valence-corrected chi connectivity index (χ2v) is 3.58. The Morgan fingerprint density at radius 1 is 1.08 bits per heavy atom. The second kappa shape index (κ2) is 3.23. The van der Waals surface area contributed by atoms with Crippen LogP contribution in [0, 0.1) is 3.57 Å². The summed E-state index contributed by atoms with van der Waals surface area (Å²) in [5.41, 5.74) is 0. The molecule has 2 heteroatoms. The number of hydrogen-bond acceptors (Lipinski definition) is 0. The molecule has 2 rings (SSSR count). The van der Waals surface area contributed by atoms with E-state index >= 15 is 0 Å². The highest BCUT2D eigenvalue weighted by molar-refractivity contribution is 14.1. The van der Waals surface area contributed by atoms with Crippen molar-refractivity contribution in [2.24, 2.45) is 0 Å². The Morgan fingerprint density at radius 3 is 2.58 bits per heavy atom. The van der Waals surface area contributed by atoms with E-state index in [9.17, 15) is 0 Å². The number of fused-ring (bicyclic) bond motifs is 1. The van der Waals surface area contributed by atoms with E-state index in [1.165, 1.54) is 0 Å². The SMILES string of the molecule is [2H]c1c([2H])c(I)c2c([2H])c([2H])c([2H])c(Cl)c2c1[2H]. The van der Waals surface area contributed by atoms with Crippen LogP contribution in [-0.2, 0) is 0 Å². The van der Waals surface area contributed by atoms with Crippen molar-refractivity contribution in [3.8, 4) is 0 Å². The van der Waals surface area contributed by atoms with Crippen LogP contribution >= 0.6 is 34.2 Å². The van der Waals surface area contributed by atoms with Crippen molar-refractivity contribution in [1.29, 1.82) is 0 Å². The summed E-state index contributed by atoms with van der Waals surface area (Å²) >= 11 is 7.75. The van der Waals surface area contributed by atoms with E-state index in [0.717, 1.165) is 0 Å². The Labute approximate surface area is 98.1 Å². The minimum atomic E-state index is -0.332. The highest BCUT2D eigenvalue weighted by atomic mass is 127. The summed E-state index contributed by atoms with van der Waals surface area (Å²) in [6.07, 6.45) is 0. The maximum Gasteiger partial charge on any atom is 0.0639 e. The van der Waals surface area contributed by atoms with Gasteiger partial charge in [0.05, 0.1) is 8.22 Å². The monoisotopic (exact) mass is 294 g/mol. The molecule has 0 nitrogen and oxygen atoms in total. The summed E-state index contributed by atoms with van der Waals surface area (Å²) in [6.45, 7) is 0. The Hall–Kier alpha value is -0.280. The Morgan fingerprint density at radius 2 is 1.75 bits per heavy atom. The first-order valence-electron chi connectivity index (χ1n) is 6.13. The Balaban J connectivity index is 3.22. The van der Waals surface area contributed by atoms with E-state index < -0.39 is 0 Å². The number of rotatable bonds is 0. The van der Waals surface area contributed by atoms with Crippen molar-refractivity contribution in [3.05, 3.63) is 44.8 Å². The normalized spacial score (nSPS) is 17.5. The van der Waals surface area contributed by atoms with Gasteiger partial charge in [0.1, 0.15) is 0 Å². The van der Waals surface area contributed by atoms with Gasteiger partial charge in [-0.1, -0.05) is 35.8 Å². The molecule has 0 aliphatic carbocycles.